The normalized spacial score (nSPS) is 18.2. The van der Waals surface area contributed by atoms with Crippen molar-refractivity contribution in [1.82, 2.24) is 0 Å². The van der Waals surface area contributed by atoms with E-state index in [0.717, 1.165) is 5.01 Å². The summed E-state index contributed by atoms with van der Waals surface area (Å²) in [6.07, 6.45) is 0. The van der Waals surface area contributed by atoms with Crippen molar-refractivity contribution in [2.75, 3.05) is 12.1 Å². The van der Waals surface area contributed by atoms with Crippen molar-refractivity contribution in [1.29, 1.82) is 0 Å². The van der Waals surface area contributed by atoms with Crippen LogP contribution in [0.1, 0.15) is 0 Å². The van der Waals surface area contributed by atoms with Crippen molar-refractivity contribution < 1.29 is 9.53 Å². The summed E-state index contributed by atoms with van der Waals surface area (Å²) in [5.74, 6) is -0.375. The SMILES string of the molecule is COC1=NN(c2c(Cl)cc(Cl)cc2Cl)C(=O)C1N.Cl. The molecular formula is C10H9Cl4N3O2. The van der Waals surface area contributed by atoms with Gasteiger partial charge in [0.15, 0.2) is 6.04 Å². The molecule has 2 rings (SSSR count). The highest BCUT2D eigenvalue weighted by Crippen LogP contribution is 2.38. The smallest absolute Gasteiger partial charge is 0.274 e. The maximum Gasteiger partial charge on any atom is 0.274 e. The van der Waals surface area contributed by atoms with Gasteiger partial charge < -0.3 is 10.5 Å². The molecule has 0 saturated heterocycles. The van der Waals surface area contributed by atoms with Crippen molar-refractivity contribution in [2.45, 2.75) is 6.04 Å². The molecule has 0 radical (unpaired) electrons. The number of methoxy groups -OCH3 is 1. The quantitative estimate of drug-likeness (QED) is 0.851. The van der Waals surface area contributed by atoms with Gasteiger partial charge in [0.05, 0.1) is 17.2 Å². The lowest BCUT2D eigenvalue weighted by molar-refractivity contribution is -0.118. The molecule has 1 aromatic rings. The Morgan fingerprint density at radius 2 is 1.84 bits per heavy atom. The van der Waals surface area contributed by atoms with Gasteiger partial charge in [0.2, 0.25) is 5.90 Å². The van der Waals surface area contributed by atoms with Gasteiger partial charge in [-0.2, -0.15) is 5.01 Å². The van der Waals surface area contributed by atoms with Crippen molar-refractivity contribution in [3.63, 3.8) is 0 Å². The zero-order valence-electron chi connectivity index (χ0n) is 9.56. The molecule has 0 aromatic heterocycles. The topological polar surface area (TPSA) is 67.9 Å². The highest BCUT2D eigenvalue weighted by Gasteiger charge is 2.37. The summed E-state index contributed by atoms with van der Waals surface area (Å²) in [4.78, 5) is 11.9. The summed E-state index contributed by atoms with van der Waals surface area (Å²) in [5, 5.41) is 5.72. The minimum atomic E-state index is -0.960. The Kier molecular flexibility index (Phi) is 5.29. The molecule has 1 atom stereocenters. The highest BCUT2D eigenvalue weighted by molar-refractivity contribution is 6.42. The van der Waals surface area contributed by atoms with Gasteiger partial charge >= 0.3 is 0 Å². The first-order valence-corrected chi connectivity index (χ1v) is 5.95. The lowest BCUT2D eigenvalue weighted by atomic mass is 10.2. The number of nitrogens with two attached hydrogens (primary N) is 1. The van der Waals surface area contributed by atoms with Crippen LogP contribution in [0, 0.1) is 0 Å². The molecule has 1 aliphatic heterocycles. The first-order chi connectivity index (χ1) is 8.45. The van der Waals surface area contributed by atoms with Crippen LogP contribution in [0.2, 0.25) is 15.1 Å². The molecule has 1 heterocycles. The monoisotopic (exact) mass is 343 g/mol. The molecule has 1 aliphatic rings. The van der Waals surface area contributed by atoms with Crippen LogP contribution < -0.4 is 10.7 Å². The maximum atomic E-state index is 11.9. The first kappa shape index (κ1) is 16.3. The molecular weight excluding hydrogens is 336 g/mol. The van der Waals surface area contributed by atoms with Gasteiger partial charge in [-0.25, -0.2) is 0 Å². The lowest BCUT2D eigenvalue weighted by Gasteiger charge is -2.15. The summed E-state index contributed by atoms with van der Waals surface area (Å²) < 4.78 is 4.90. The fourth-order valence-corrected chi connectivity index (χ4v) is 2.49. The summed E-state index contributed by atoms with van der Waals surface area (Å²) >= 11 is 17.8. The molecule has 0 fully saturated rings. The maximum absolute atomic E-state index is 11.9. The van der Waals surface area contributed by atoms with Gasteiger partial charge in [0.1, 0.15) is 5.69 Å². The van der Waals surface area contributed by atoms with E-state index in [-0.39, 0.29) is 34.0 Å². The van der Waals surface area contributed by atoms with E-state index < -0.39 is 11.9 Å². The molecule has 0 bridgehead atoms. The number of carbonyl (C=O) groups is 1. The Morgan fingerprint density at radius 1 is 1.32 bits per heavy atom. The minimum Gasteiger partial charge on any atom is -0.482 e. The second-order valence-electron chi connectivity index (χ2n) is 3.49. The summed E-state index contributed by atoms with van der Waals surface area (Å²) in [6, 6.07) is 1.96. The van der Waals surface area contributed by atoms with E-state index in [9.17, 15) is 4.79 Å². The lowest BCUT2D eigenvalue weighted by Crippen LogP contribution is -2.39. The van der Waals surface area contributed by atoms with Gasteiger partial charge in [-0.1, -0.05) is 34.8 Å². The molecule has 0 spiro atoms. The van der Waals surface area contributed by atoms with Crippen LogP contribution in [0.4, 0.5) is 5.69 Å². The molecule has 9 heteroatoms. The molecule has 104 valence electrons. The second-order valence-corrected chi connectivity index (χ2v) is 4.74. The first-order valence-electron chi connectivity index (χ1n) is 4.82. The van der Waals surface area contributed by atoms with Crippen molar-refractivity contribution in [3.05, 3.63) is 27.2 Å². The van der Waals surface area contributed by atoms with Crippen LogP contribution in [-0.2, 0) is 9.53 Å². The Bertz CT molecular complexity index is 527. The molecule has 0 saturated carbocycles. The van der Waals surface area contributed by atoms with Gasteiger partial charge in [-0.15, -0.1) is 17.5 Å². The standard InChI is InChI=1S/C10H8Cl3N3O2.ClH/c1-18-9-7(14)10(17)16(15-9)8-5(12)2-4(11)3-6(8)13;/h2-3,7H,14H2,1H3;1H. The number of ether oxygens (including phenoxy) is 1. The van der Waals surface area contributed by atoms with Crippen LogP contribution in [0.3, 0.4) is 0 Å². The molecule has 19 heavy (non-hydrogen) atoms. The number of amides is 1. The van der Waals surface area contributed by atoms with E-state index in [1.54, 1.807) is 0 Å². The van der Waals surface area contributed by atoms with Crippen molar-refractivity contribution >= 4 is 64.7 Å². The van der Waals surface area contributed by atoms with Crippen LogP contribution in [-0.4, -0.2) is 25.0 Å². The number of hydrazone groups is 1. The number of rotatable bonds is 1. The third-order valence-corrected chi connectivity index (χ3v) is 3.14. The largest absolute Gasteiger partial charge is 0.482 e. The predicted molar refractivity (Wildman–Crippen MR) is 78.6 cm³/mol. The summed E-state index contributed by atoms with van der Waals surface area (Å²) in [5.41, 5.74) is 5.86. The predicted octanol–water partition coefficient (Wildman–Crippen LogP) is 2.70. The average molecular weight is 345 g/mol. The van der Waals surface area contributed by atoms with Gasteiger partial charge in [-0.3, -0.25) is 4.79 Å². The van der Waals surface area contributed by atoms with E-state index >= 15 is 0 Å². The van der Waals surface area contributed by atoms with E-state index in [1.807, 2.05) is 0 Å². The van der Waals surface area contributed by atoms with Crippen molar-refractivity contribution in [3.8, 4) is 0 Å². The zero-order chi connectivity index (χ0) is 13.4. The van der Waals surface area contributed by atoms with Crippen LogP contribution in [0.5, 0.6) is 0 Å². The molecule has 5 nitrogen and oxygen atoms in total. The fraction of sp³-hybridized carbons (Fsp3) is 0.200. The minimum absolute atomic E-state index is 0. The third kappa shape index (κ3) is 2.90. The third-order valence-electron chi connectivity index (χ3n) is 2.34. The summed E-state index contributed by atoms with van der Waals surface area (Å²) in [7, 11) is 1.38. The fourth-order valence-electron chi connectivity index (χ4n) is 1.51. The Morgan fingerprint density at radius 3 is 2.26 bits per heavy atom. The van der Waals surface area contributed by atoms with Crippen LogP contribution in [0.15, 0.2) is 17.2 Å². The number of carbonyl (C=O) groups excluding carboxylic acids is 1. The molecule has 1 unspecified atom stereocenters. The Hall–Kier alpha value is -0.720. The number of hydrogen-bond acceptors (Lipinski definition) is 4. The number of halogens is 4. The van der Waals surface area contributed by atoms with Gasteiger partial charge in [0.25, 0.3) is 5.91 Å². The second kappa shape index (κ2) is 6.15. The number of hydrogen-bond donors (Lipinski definition) is 1. The zero-order valence-corrected chi connectivity index (χ0v) is 12.6. The van der Waals surface area contributed by atoms with E-state index in [1.165, 1.54) is 19.2 Å². The van der Waals surface area contributed by atoms with E-state index in [2.05, 4.69) is 5.10 Å². The number of benzene rings is 1. The van der Waals surface area contributed by atoms with Crippen molar-refractivity contribution in [2.24, 2.45) is 10.8 Å². The Labute approximate surface area is 130 Å². The summed E-state index contributed by atoms with van der Waals surface area (Å²) in [6.45, 7) is 0. The van der Waals surface area contributed by atoms with E-state index in [4.69, 9.17) is 45.3 Å². The Balaban J connectivity index is 0.00000180. The molecule has 2 N–H and O–H groups in total. The molecule has 0 aliphatic carbocycles. The van der Waals surface area contributed by atoms with Gasteiger partial charge in [0, 0.05) is 5.02 Å². The van der Waals surface area contributed by atoms with Gasteiger partial charge in [-0.05, 0) is 12.1 Å². The highest BCUT2D eigenvalue weighted by atomic mass is 35.5. The molecule has 1 amide bonds. The molecule has 1 aromatic carbocycles. The van der Waals surface area contributed by atoms with E-state index in [0.29, 0.717) is 5.02 Å². The van der Waals surface area contributed by atoms with Crippen LogP contribution >= 0.6 is 47.2 Å². The number of nitrogens with zero attached hydrogens (tertiary/aromatic N) is 2. The average Bonchev–Trinajstić information content (AvgIpc) is 2.56. The van der Waals surface area contributed by atoms with Crippen LogP contribution in [0.25, 0.3) is 0 Å². The number of anilines is 1.